The largest absolute Gasteiger partial charge is 0.673 e. The van der Waals surface area contributed by atoms with Crippen LogP contribution in [0.15, 0.2) is 0 Å². The fraction of sp³-hybridized carbons (Fsp3) is 1.00. The van der Waals surface area contributed by atoms with Crippen LogP contribution in [0.25, 0.3) is 0 Å². The minimum Gasteiger partial charge on any atom is -0.418 e. The summed E-state index contributed by atoms with van der Waals surface area (Å²) >= 11 is 0. The van der Waals surface area contributed by atoms with Gasteiger partial charge in [0.05, 0.1) is 27.7 Å². The maximum absolute atomic E-state index is 9.75. The number of unbranched alkanes of at least 4 members (excludes halogenated alkanes) is 3. The second kappa shape index (κ2) is 9.61. The summed E-state index contributed by atoms with van der Waals surface area (Å²) in [6.07, 6.45) is 5.50. The predicted molar refractivity (Wildman–Crippen MR) is 70.1 cm³/mol. The van der Waals surface area contributed by atoms with Crippen LogP contribution in [0, 0.1) is 0 Å². The molecule has 0 aliphatic carbocycles. The fourth-order valence-electron chi connectivity index (χ4n) is 1.37. The highest BCUT2D eigenvalue weighted by Gasteiger charge is 2.20. The molecule has 0 aromatic heterocycles. The van der Waals surface area contributed by atoms with Gasteiger partial charge in [-0.2, -0.15) is 0 Å². The summed E-state index contributed by atoms with van der Waals surface area (Å²) in [5.41, 5.74) is 0. The number of nitrogens with zero attached hydrogens (tertiary/aromatic N) is 2. The molecule has 112 valence electrons. The molecule has 0 rings (SSSR count). The molecule has 7 heteroatoms. The molecule has 2 nitrogen and oxygen atoms in total. The second-order valence-corrected chi connectivity index (χ2v) is 5.73. The highest BCUT2D eigenvalue weighted by molar-refractivity contribution is 6.50. The van der Waals surface area contributed by atoms with E-state index in [0.29, 0.717) is 0 Å². The Hall–Kier alpha value is -0.295. The summed E-state index contributed by atoms with van der Waals surface area (Å²) < 4.78 is 40.1. The summed E-state index contributed by atoms with van der Waals surface area (Å²) in [5, 5.41) is 0. The van der Waals surface area contributed by atoms with E-state index in [1.807, 2.05) is 0 Å². The molecule has 0 unspecified atom stereocenters. The average molecular weight is 274 g/mol. The summed E-state index contributed by atoms with van der Waals surface area (Å²) in [7, 11) is 5.08. The van der Waals surface area contributed by atoms with Gasteiger partial charge in [0.25, 0.3) is 0 Å². The molecule has 0 aromatic rings. The van der Waals surface area contributed by atoms with Gasteiger partial charge >= 0.3 is 7.25 Å². The third-order valence-corrected chi connectivity index (χ3v) is 2.18. The zero-order valence-corrected chi connectivity index (χ0v) is 12.2. The lowest BCUT2D eigenvalue weighted by atomic mass is 10.2. The molecule has 0 saturated heterocycles. The zero-order chi connectivity index (χ0) is 14.8. The van der Waals surface area contributed by atoms with Gasteiger partial charge in [0.15, 0.2) is 0 Å². The Morgan fingerprint density at radius 2 is 1.22 bits per heavy atom. The van der Waals surface area contributed by atoms with Crippen molar-refractivity contribution >= 4 is 7.25 Å². The smallest absolute Gasteiger partial charge is 0.418 e. The number of hydrogen-bond acceptors (Lipinski definition) is 1. The van der Waals surface area contributed by atoms with Crippen molar-refractivity contribution in [3.63, 3.8) is 0 Å². The standard InChI is InChI=1S/C11H27N2.BF4/c1-12(2)10-8-6-7-9-11-13(3,4)5;2-1(3,4)5/h6-11H2,1-5H3;/q+1;-1. The lowest BCUT2D eigenvalue weighted by Crippen LogP contribution is -2.35. The molecular formula is C11H27BF4N2. The first kappa shape index (κ1) is 20.0. The topological polar surface area (TPSA) is 3.24 Å². The first-order chi connectivity index (χ1) is 7.92. The molecular weight excluding hydrogens is 247 g/mol. The lowest BCUT2D eigenvalue weighted by molar-refractivity contribution is -0.870. The quantitative estimate of drug-likeness (QED) is 0.298. The van der Waals surface area contributed by atoms with Crippen molar-refractivity contribution in [3.05, 3.63) is 0 Å². The van der Waals surface area contributed by atoms with Gasteiger partial charge in [-0.25, -0.2) is 0 Å². The van der Waals surface area contributed by atoms with E-state index in [1.54, 1.807) is 0 Å². The monoisotopic (exact) mass is 274 g/mol. The van der Waals surface area contributed by atoms with Gasteiger partial charge in [0, 0.05) is 0 Å². The predicted octanol–water partition coefficient (Wildman–Crippen LogP) is 3.11. The normalized spacial score (nSPS) is 12.3. The maximum atomic E-state index is 9.75. The summed E-state index contributed by atoms with van der Waals surface area (Å²) in [6.45, 7) is 2.55. The van der Waals surface area contributed by atoms with Crippen LogP contribution in [-0.4, -0.2) is 65.0 Å². The lowest BCUT2D eigenvalue weighted by Gasteiger charge is -2.23. The van der Waals surface area contributed by atoms with Crippen LogP contribution >= 0.6 is 0 Å². The van der Waals surface area contributed by atoms with E-state index < -0.39 is 7.25 Å². The number of quaternary nitrogens is 1. The molecule has 0 saturated carbocycles. The van der Waals surface area contributed by atoms with Gasteiger partial charge in [-0.15, -0.1) is 0 Å². The second-order valence-electron chi connectivity index (χ2n) is 5.73. The fourth-order valence-corrected chi connectivity index (χ4v) is 1.37. The first-order valence-electron chi connectivity index (χ1n) is 6.24. The molecule has 0 spiro atoms. The zero-order valence-electron chi connectivity index (χ0n) is 12.2. The van der Waals surface area contributed by atoms with E-state index in [0.717, 1.165) is 4.48 Å². The van der Waals surface area contributed by atoms with Gasteiger partial charge in [-0.1, -0.05) is 6.42 Å². The van der Waals surface area contributed by atoms with E-state index >= 15 is 0 Å². The summed E-state index contributed by atoms with van der Waals surface area (Å²) in [4.78, 5) is 2.26. The molecule has 0 aromatic carbocycles. The Balaban J connectivity index is 0. The Kier molecular flexibility index (Phi) is 10.7. The molecule has 0 fully saturated rings. The van der Waals surface area contributed by atoms with Gasteiger partial charge in [0.2, 0.25) is 0 Å². The summed E-state index contributed by atoms with van der Waals surface area (Å²) in [5.74, 6) is 0. The average Bonchev–Trinajstić information content (AvgIpc) is 2.05. The highest BCUT2D eigenvalue weighted by atomic mass is 19.5. The maximum Gasteiger partial charge on any atom is 0.673 e. The van der Waals surface area contributed by atoms with E-state index in [4.69, 9.17) is 0 Å². The van der Waals surface area contributed by atoms with Crippen molar-refractivity contribution in [2.24, 2.45) is 0 Å². The van der Waals surface area contributed by atoms with Crippen LogP contribution in [0.5, 0.6) is 0 Å². The van der Waals surface area contributed by atoms with E-state index in [2.05, 4.69) is 40.1 Å². The Labute approximate surface area is 109 Å². The van der Waals surface area contributed by atoms with Crippen molar-refractivity contribution < 1.29 is 21.7 Å². The molecule has 0 heterocycles. The first-order valence-corrected chi connectivity index (χ1v) is 6.24. The number of halogens is 4. The minimum atomic E-state index is -6.00. The number of rotatable bonds is 7. The molecule has 0 aliphatic heterocycles. The molecule has 0 aliphatic rings. The van der Waals surface area contributed by atoms with Crippen LogP contribution in [0.3, 0.4) is 0 Å². The summed E-state index contributed by atoms with van der Waals surface area (Å²) in [6, 6.07) is 0. The molecule has 18 heavy (non-hydrogen) atoms. The van der Waals surface area contributed by atoms with Gasteiger partial charge in [-0.05, 0) is 39.9 Å². The van der Waals surface area contributed by atoms with Crippen LogP contribution in [0.4, 0.5) is 17.3 Å². The van der Waals surface area contributed by atoms with Crippen LogP contribution in [0.2, 0.25) is 0 Å². The Morgan fingerprint density at radius 3 is 1.56 bits per heavy atom. The van der Waals surface area contributed by atoms with Gasteiger partial charge < -0.3 is 26.6 Å². The Bertz CT molecular complexity index is 184. The third kappa shape index (κ3) is 36.1. The highest BCUT2D eigenvalue weighted by Crippen LogP contribution is 2.06. The van der Waals surface area contributed by atoms with E-state index in [9.17, 15) is 17.3 Å². The molecule has 0 amide bonds. The van der Waals surface area contributed by atoms with Crippen LogP contribution in [-0.2, 0) is 0 Å². The van der Waals surface area contributed by atoms with Crippen molar-refractivity contribution in [3.8, 4) is 0 Å². The minimum absolute atomic E-state index is 1.10. The number of hydrogen-bond donors (Lipinski definition) is 0. The van der Waals surface area contributed by atoms with E-state index in [-0.39, 0.29) is 0 Å². The van der Waals surface area contributed by atoms with Crippen molar-refractivity contribution in [1.82, 2.24) is 4.90 Å². The molecule has 0 bridgehead atoms. The van der Waals surface area contributed by atoms with Gasteiger partial charge in [0.1, 0.15) is 0 Å². The van der Waals surface area contributed by atoms with Crippen molar-refractivity contribution in [1.29, 1.82) is 0 Å². The SMILES string of the molecule is CN(C)CCCCCC[N+](C)(C)C.F[B-](F)(F)F. The Morgan fingerprint density at radius 1 is 0.833 bits per heavy atom. The van der Waals surface area contributed by atoms with Crippen LogP contribution in [0.1, 0.15) is 25.7 Å². The van der Waals surface area contributed by atoms with Crippen LogP contribution < -0.4 is 0 Å². The molecule has 0 atom stereocenters. The van der Waals surface area contributed by atoms with Gasteiger partial charge in [-0.3, -0.25) is 0 Å². The third-order valence-electron chi connectivity index (χ3n) is 2.18. The van der Waals surface area contributed by atoms with Crippen molar-refractivity contribution in [2.75, 3.05) is 48.3 Å². The molecule has 0 radical (unpaired) electrons. The molecule has 0 N–H and O–H groups in total. The van der Waals surface area contributed by atoms with E-state index in [1.165, 1.54) is 38.8 Å². The van der Waals surface area contributed by atoms with Crippen molar-refractivity contribution in [2.45, 2.75) is 25.7 Å².